The van der Waals surface area contributed by atoms with E-state index in [0.717, 1.165) is 25.3 Å². The Morgan fingerprint density at radius 1 is 1.40 bits per heavy atom. The van der Waals surface area contributed by atoms with E-state index in [1.807, 2.05) is 6.92 Å². The zero-order valence-electron chi connectivity index (χ0n) is 13.9. The molecule has 2 aliphatic rings. The summed E-state index contributed by atoms with van der Waals surface area (Å²) in [5.41, 5.74) is -0.216. The third-order valence-corrected chi connectivity index (χ3v) is 5.24. The largest absolute Gasteiger partial charge is 0.477 e. The molecule has 2 aromatic rings. The van der Waals surface area contributed by atoms with E-state index >= 15 is 0 Å². The van der Waals surface area contributed by atoms with E-state index in [-0.39, 0.29) is 17.1 Å². The van der Waals surface area contributed by atoms with Crippen LogP contribution in [0.1, 0.15) is 36.5 Å². The number of hydrogen-bond acceptors (Lipinski definition) is 4. The van der Waals surface area contributed by atoms with E-state index in [9.17, 15) is 19.1 Å². The number of halogens is 1. The summed E-state index contributed by atoms with van der Waals surface area (Å²) in [6.45, 7) is 2.94. The van der Waals surface area contributed by atoms with Crippen LogP contribution >= 0.6 is 0 Å². The van der Waals surface area contributed by atoms with E-state index in [2.05, 4.69) is 0 Å². The van der Waals surface area contributed by atoms with Gasteiger partial charge in [0, 0.05) is 24.0 Å². The van der Waals surface area contributed by atoms with Crippen LogP contribution in [-0.4, -0.2) is 28.3 Å². The van der Waals surface area contributed by atoms with Gasteiger partial charge in [-0.15, -0.1) is 0 Å². The van der Waals surface area contributed by atoms with Gasteiger partial charge in [0.2, 0.25) is 5.43 Å². The minimum atomic E-state index is -1.31. The molecule has 2 atom stereocenters. The summed E-state index contributed by atoms with van der Waals surface area (Å²) < 4.78 is 16.3. The number of fused-ring (bicyclic) bond motifs is 2. The van der Waals surface area contributed by atoms with Crippen LogP contribution in [0.5, 0.6) is 0 Å². The Hall–Kier alpha value is -2.41. The molecule has 1 saturated carbocycles. The maximum absolute atomic E-state index is 14.7. The summed E-state index contributed by atoms with van der Waals surface area (Å²) >= 11 is 0. The van der Waals surface area contributed by atoms with Gasteiger partial charge in [0.1, 0.15) is 17.1 Å². The number of benzene rings is 1. The lowest BCUT2D eigenvalue weighted by Gasteiger charge is -2.20. The molecule has 0 radical (unpaired) electrons. The molecule has 25 heavy (non-hydrogen) atoms. The second-order valence-corrected chi connectivity index (χ2v) is 6.68. The third-order valence-electron chi connectivity index (χ3n) is 5.24. The number of pyridine rings is 1. The predicted octanol–water partition coefficient (Wildman–Crippen LogP) is 2.78. The first-order valence-electron chi connectivity index (χ1n) is 8.54. The van der Waals surface area contributed by atoms with Crippen molar-refractivity contribution in [2.45, 2.75) is 38.8 Å². The van der Waals surface area contributed by atoms with Gasteiger partial charge in [-0.05, 0) is 31.9 Å². The van der Waals surface area contributed by atoms with E-state index in [0.29, 0.717) is 30.2 Å². The molecule has 4 rings (SSSR count). The van der Waals surface area contributed by atoms with Gasteiger partial charge in [0.15, 0.2) is 0 Å². The first-order chi connectivity index (χ1) is 12.0. The van der Waals surface area contributed by atoms with Crippen molar-refractivity contribution in [3.05, 3.63) is 39.9 Å². The van der Waals surface area contributed by atoms with Crippen molar-refractivity contribution >= 4 is 22.6 Å². The Kier molecular flexibility index (Phi) is 3.76. The maximum Gasteiger partial charge on any atom is 0.341 e. The van der Waals surface area contributed by atoms with Crippen molar-refractivity contribution in [2.75, 3.05) is 11.6 Å². The van der Waals surface area contributed by atoms with E-state index in [1.165, 1.54) is 6.20 Å². The highest BCUT2D eigenvalue weighted by Gasteiger charge is 2.38. The lowest BCUT2D eigenvalue weighted by Crippen LogP contribution is -2.22. The van der Waals surface area contributed by atoms with Gasteiger partial charge < -0.3 is 9.67 Å². The molecular weight excluding hydrogens is 327 g/mol. The standard InChI is InChI=1S/C18H19FN2O4/c1-2-20-9-12(18(23)24)17(22)11-6-13(19)15(7-14(11)20)21-8-10-4-3-5-16(10)25-21/h6-7,9-10,16H,2-5,8H2,1H3,(H,23,24)/t10-,16-/m1/s1. The number of carboxylic acids is 1. The van der Waals surface area contributed by atoms with E-state index in [4.69, 9.17) is 4.84 Å². The maximum atomic E-state index is 14.7. The number of nitrogens with zero attached hydrogens (tertiary/aromatic N) is 2. The number of aromatic nitrogens is 1. The van der Waals surface area contributed by atoms with Crippen LogP contribution in [0.25, 0.3) is 10.9 Å². The smallest absolute Gasteiger partial charge is 0.341 e. The predicted molar refractivity (Wildman–Crippen MR) is 90.4 cm³/mol. The van der Waals surface area contributed by atoms with Crippen LogP contribution in [0.3, 0.4) is 0 Å². The molecule has 1 aliphatic heterocycles. The molecule has 0 spiro atoms. The number of carbonyl (C=O) groups is 1. The van der Waals surface area contributed by atoms with E-state index in [1.54, 1.807) is 15.7 Å². The van der Waals surface area contributed by atoms with Crippen molar-refractivity contribution in [1.82, 2.24) is 4.57 Å². The molecular formula is C18H19FN2O4. The summed E-state index contributed by atoms with van der Waals surface area (Å²) in [7, 11) is 0. The van der Waals surface area contributed by atoms with Crippen molar-refractivity contribution in [2.24, 2.45) is 5.92 Å². The SMILES string of the molecule is CCn1cc(C(=O)O)c(=O)c2cc(F)c(N3C[C@H]4CCC[C@H]4O3)cc21. The number of rotatable bonds is 3. The Bertz CT molecular complexity index is 911. The van der Waals surface area contributed by atoms with Crippen LogP contribution in [0.4, 0.5) is 10.1 Å². The van der Waals surface area contributed by atoms with Crippen molar-refractivity contribution in [3.63, 3.8) is 0 Å². The summed E-state index contributed by atoms with van der Waals surface area (Å²) in [4.78, 5) is 29.5. The third kappa shape index (κ3) is 2.50. The zero-order valence-corrected chi connectivity index (χ0v) is 13.9. The highest BCUT2D eigenvalue weighted by molar-refractivity contribution is 5.93. The first kappa shape index (κ1) is 16.1. The Labute approximate surface area is 143 Å². The zero-order chi connectivity index (χ0) is 17.7. The molecule has 0 amide bonds. The fourth-order valence-electron chi connectivity index (χ4n) is 3.93. The fourth-order valence-corrected chi connectivity index (χ4v) is 3.93. The molecule has 0 unspecified atom stereocenters. The van der Waals surface area contributed by atoms with Crippen LogP contribution in [0, 0.1) is 11.7 Å². The van der Waals surface area contributed by atoms with Gasteiger partial charge >= 0.3 is 5.97 Å². The number of anilines is 1. The lowest BCUT2D eigenvalue weighted by molar-refractivity contribution is 0.0694. The summed E-state index contributed by atoms with van der Waals surface area (Å²) in [6, 6.07) is 2.71. The van der Waals surface area contributed by atoms with Crippen molar-refractivity contribution < 1.29 is 19.1 Å². The van der Waals surface area contributed by atoms with Gasteiger partial charge in [0.05, 0.1) is 18.2 Å². The summed E-state index contributed by atoms with van der Waals surface area (Å²) in [5, 5.41) is 10.9. The molecule has 1 aromatic heterocycles. The average molecular weight is 346 g/mol. The summed E-state index contributed by atoms with van der Waals surface area (Å²) in [6.07, 6.45) is 4.65. The average Bonchev–Trinajstić information content (AvgIpc) is 3.16. The van der Waals surface area contributed by atoms with Crippen molar-refractivity contribution in [1.29, 1.82) is 0 Å². The Morgan fingerprint density at radius 2 is 2.20 bits per heavy atom. The lowest BCUT2D eigenvalue weighted by atomic mass is 10.1. The van der Waals surface area contributed by atoms with Gasteiger partial charge in [0.25, 0.3) is 0 Å². The molecule has 7 heteroatoms. The number of carboxylic acid groups (broad SMARTS) is 1. The number of aromatic carboxylic acids is 1. The second kappa shape index (κ2) is 5.84. The Morgan fingerprint density at radius 3 is 2.88 bits per heavy atom. The minimum absolute atomic E-state index is 0.0717. The number of hydroxylamine groups is 1. The normalized spacial score (nSPS) is 22.6. The fraction of sp³-hybridized carbons (Fsp3) is 0.444. The molecule has 0 bridgehead atoms. The highest BCUT2D eigenvalue weighted by Crippen LogP contribution is 2.38. The molecule has 1 aliphatic carbocycles. The van der Waals surface area contributed by atoms with Crippen molar-refractivity contribution in [3.8, 4) is 0 Å². The van der Waals surface area contributed by atoms with Crippen LogP contribution < -0.4 is 10.5 Å². The number of hydrogen-bond donors (Lipinski definition) is 1. The molecule has 1 aromatic carbocycles. The quantitative estimate of drug-likeness (QED) is 0.925. The highest BCUT2D eigenvalue weighted by atomic mass is 19.1. The molecule has 6 nitrogen and oxygen atoms in total. The monoisotopic (exact) mass is 346 g/mol. The van der Waals surface area contributed by atoms with E-state index < -0.39 is 17.2 Å². The van der Waals surface area contributed by atoms with Gasteiger partial charge in [-0.25, -0.2) is 9.18 Å². The molecule has 1 N–H and O–H groups in total. The molecule has 2 fully saturated rings. The minimum Gasteiger partial charge on any atom is -0.477 e. The van der Waals surface area contributed by atoms with Crippen LogP contribution in [0.2, 0.25) is 0 Å². The second-order valence-electron chi connectivity index (χ2n) is 6.68. The molecule has 2 heterocycles. The molecule has 132 valence electrons. The molecule has 1 saturated heterocycles. The first-order valence-corrected chi connectivity index (χ1v) is 8.54. The van der Waals surface area contributed by atoms with Gasteiger partial charge in [-0.2, -0.15) is 0 Å². The van der Waals surface area contributed by atoms with Crippen LogP contribution in [0.15, 0.2) is 23.1 Å². The van der Waals surface area contributed by atoms with Gasteiger partial charge in [-0.3, -0.25) is 14.7 Å². The summed E-state index contributed by atoms with van der Waals surface area (Å²) in [5.74, 6) is -1.47. The number of aryl methyl sites for hydroxylation is 1. The Balaban J connectivity index is 1.85. The topological polar surface area (TPSA) is 71.8 Å². The van der Waals surface area contributed by atoms with Gasteiger partial charge in [-0.1, -0.05) is 6.42 Å². The van der Waals surface area contributed by atoms with Crippen LogP contribution in [-0.2, 0) is 11.4 Å².